The molecule has 1 fully saturated rings. The van der Waals surface area contributed by atoms with Gasteiger partial charge in [0, 0.05) is 19.5 Å². The molecule has 0 radical (unpaired) electrons. The third kappa shape index (κ3) is 2.99. The van der Waals surface area contributed by atoms with Gasteiger partial charge < -0.3 is 10.2 Å². The van der Waals surface area contributed by atoms with Gasteiger partial charge in [0.25, 0.3) is 0 Å². The second-order valence-electron chi connectivity index (χ2n) is 5.33. The Bertz CT molecular complexity index is 553. The number of likely N-dealkylation sites (tertiary alicyclic amines) is 1. The van der Waals surface area contributed by atoms with Crippen molar-refractivity contribution < 1.29 is 9.59 Å². The van der Waals surface area contributed by atoms with Crippen molar-refractivity contribution >= 4 is 11.8 Å². The lowest BCUT2D eigenvalue weighted by Crippen LogP contribution is -2.36. The maximum atomic E-state index is 12.4. The highest BCUT2D eigenvalue weighted by molar-refractivity contribution is 5.90. The molecule has 2 amide bonds. The van der Waals surface area contributed by atoms with Crippen LogP contribution in [0.3, 0.4) is 0 Å². The zero-order valence-corrected chi connectivity index (χ0v) is 12.6. The van der Waals surface area contributed by atoms with Crippen LogP contribution in [0.5, 0.6) is 0 Å². The fraction of sp³-hybridized carbons (Fsp3) is 0.412. The Morgan fingerprint density at radius 1 is 1.48 bits per heavy atom. The van der Waals surface area contributed by atoms with E-state index in [1.165, 1.54) is 0 Å². The van der Waals surface area contributed by atoms with Crippen molar-refractivity contribution in [2.75, 3.05) is 13.1 Å². The van der Waals surface area contributed by atoms with Crippen LogP contribution in [0.4, 0.5) is 0 Å². The van der Waals surface area contributed by atoms with Gasteiger partial charge in [-0.15, -0.1) is 6.58 Å². The fourth-order valence-electron chi connectivity index (χ4n) is 3.01. The molecule has 4 nitrogen and oxygen atoms in total. The fourth-order valence-corrected chi connectivity index (χ4v) is 3.01. The predicted octanol–water partition coefficient (Wildman–Crippen LogP) is 2.21. The molecule has 1 N–H and O–H groups in total. The van der Waals surface area contributed by atoms with Gasteiger partial charge in [0.15, 0.2) is 0 Å². The average molecular weight is 286 g/mol. The van der Waals surface area contributed by atoms with Crippen molar-refractivity contribution in [2.24, 2.45) is 5.92 Å². The Morgan fingerprint density at radius 3 is 2.81 bits per heavy atom. The lowest BCUT2D eigenvalue weighted by molar-refractivity contribution is -0.129. The highest BCUT2D eigenvalue weighted by Crippen LogP contribution is 2.39. The van der Waals surface area contributed by atoms with Crippen LogP contribution < -0.4 is 5.32 Å². The summed E-state index contributed by atoms with van der Waals surface area (Å²) in [6.07, 6.45) is 1.92. The van der Waals surface area contributed by atoms with Crippen molar-refractivity contribution in [1.82, 2.24) is 10.2 Å². The lowest BCUT2D eigenvalue weighted by atomic mass is 9.90. The third-order valence-corrected chi connectivity index (χ3v) is 4.04. The molecule has 1 saturated heterocycles. The van der Waals surface area contributed by atoms with Crippen LogP contribution in [0, 0.1) is 12.8 Å². The van der Waals surface area contributed by atoms with E-state index in [9.17, 15) is 9.59 Å². The number of carbonyl (C=O) groups excluding carboxylic acids is 2. The van der Waals surface area contributed by atoms with Crippen molar-refractivity contribution in [1.29, 1.82) is 0 Å². The number of carbonyl (C=O) groups is 2. The van der Waals surface area contributed by atoms with Crippen molar-refractivity contribution in [3.05, 3.63) is 48.0 Å². The molecule has 1 aliphatic heterocycles. The molecule has 1 heterocycles. The minimum absolute atomic E-state index is 0.0458. The molecule has 0 saturated carbocycles. The van der Waals surface area contributed by atoms with E-state index in [2.05, 4.69) is 11.9 Å². The molecule has 0 aliphatic carbocycles. The van der Waals surface area contributed by atoms with Gasteiger partial charge in [0.2, 0.25) is 11.8 Å². The standard InChI is InChI=1S/C17H22N2O2/c1-4-10-18-17(21)14-11-15(20)19(5-2)16(14)13-9-7-6-8-12(13)3/h4,6-9,14,16H,1,5,10-11H2,2-3H3,(H,18,21)/t14-,16+/m1/s1. The third-order valence-electron chi connectivity index (χ3n) is 4.04. The SMILES string of the molecule is C=CCNC(=O)[C@@H]1CC(=O)N(CC)[C@H]1c1ccccc1C. The number of nitrogens with zero attached hydrogens (tertiary/aromatic N) is 1. The largest absolute Gasteiger partial charge is 0.352 e. The predicted molar refractivity (Wildman–Crippen MR) is 82.6 cm³/mol. The number of rotatable bonds is 5. The summed E-state index contributed by atoms with van der Waals surface area (Å²) in [5, 5.41) is 2.82. The Kier molecular flexibility index (Phi) is 4.78. The van der Waals surface area contributed by atoms with E-state index in [4.69, 9.17) is 0 Å². The molecule has 0 unspecified atom stereocenters. The van der Waals surface area contributed by atoms with E-state index in [0.29, 0.717) is 13.1 Å². The summed E-state index contributed by atoms with van der Waals surface area (Å²) in [4.78, 5) is 26.4. The molecule has 1 aromatic rings. The van der Waals surface area contributed by atoms with Gasteiger partial charge in [-0.05, 0) is 25.0 Å². The first-order valence-corrected chi connectivity index (χ1v) is 7.33. The summed E-state index contributed by atoms with van der Waals surface area (Å²) in [5.74, 6) is -0.365. The molecule has 0 spiro atoms. The highest BCUT2D eigenvalue weighted by atomic mass is 16.2. The first kappa shape index (κ1) is 15.3. The number of aryl methyl sites for hydroxylation is 1. The molecule has 21 heavy (non-hydrogen) atoms. The van der Waals surface area contributed by atoms with Crippen LogP contribution >= 0.6 is 0 Å². The first-order valence-electron chi connectivity index (χ1n) is 7.33. The molecule has 0 aromatic heterocycles. The van der Waals surface area contributed by atoms with Crippen LogP contribution in [0.15, 0.2) is 36.9 Å². The molecular weight excluding hydrogens is 264 g/mol. The van der Waals surface area contributed by atoms with Gasteiger partial charge in [0.05, 0.1) is 12.0 Å². The summed E-state index contributed by atoms with van der Waals surface area (Å²) in [7, 11) is 0. The van der Waals surface area contributed by atoms with Gasteiger partial charge in [0.1, 0.15) is 0 Å². The zero-order chi connectivity index (χ0) is 15.4. The topological polar surface area (TPSA) is 49.4 Å². The molecular formula is C17H22N2O2. The minimum atomic E-state index is -0.335. The van der Waals surface area contributed by atoms with Gasteiger partial charge >= 0.3 is 0 Å². The number of hydrogen-bond donors (Lipinski definition) is 1. The zero-order valence-electron chi connectivity index (χ0n) is 12.6. The van der Waals surface area contributed by atoms with E-state index in [1.807, 2.05) is 38.1 Å². The Balaban J connectivity index is 2.35. The van der Waals surface area contributed by atoms with Crippen LogP contribution in [0.1, 0.15) is 30.5 Å². The summed E-state index contributed by atoms with van der Waals surface area (Å²) in [5.41, 5.74) is 2.17. The Morgan fingerprint density at radius 2 is 2.19 bits per heavy atom. The van der Waals surface area contributed by atoms with Crippen LogP contribution in [0.2, 0.25) is 0 Å². The van der Waals surface area contributed by atoms with E-state index < -0.39 is 0 Å². The number of benzene rings is 1. The maximum Gasteiger partial charge on any atom is 0.226 e. The van der Waals surface area contributed by atoms with Crippen LogP contribution in [0.25, 0.3) is 0 Å². The van der Waals surface area contributed by atoms with Crippen molar-refractivity contribution in [2.45, 2.75) is 26.3 Å². The normalized spacial score (nSPS) is 21.4. The molecule has 112 valence electrons. The summed E-state index contributed by atoms with van der Waals surface area (Å²) >= 11 is 0. The molecule has 0 bridgehead atoms. The first-order chi connectivity index (χ1) is 10.1. The molecule has 2 rings (SSSR count). The average Bonchev–Trinajstić information content (AvgIpc) is 2.81. The quantitative estimate of drug-likeness (QED) is 0.844. The monoisotopic (exact) mass is 286 g/mol. The Hall–Kier alpha value is -2.10. The van der Waals surface area contributed by atoms with Crippen molar-refractivity contribution in [3.63, 3.8) is 0 Å². The van der Waals surface area contributed by atoms with Gasteiger partial charge in [-0.1, -0.05) is 30.3 Å². The Labute approximate surface area is 125 Å². The van der Waals surface area contributed by atoms with E-state index in [-0.39, 0.29) is 30.2 Å². The van der Waals surface area contributed by atoms with Gasteiger partial charge in [-0.2, -0.15) is 0 Å². The minimum Gasteiger partial charge on any atom is -0.352 e. The number of hydrogen-bond acceptors (Lipinski definition) is 2. The lowest BCUT2D eigenvalue weighted by Gasteiger charge is -2.28. The van der Waals surface area contributed by atoms with Gasteiger partial charge in [-0.3, -0.25) is 9.59 Å². The summed E-state index contributed by atoms with van der Waals surface area (Å²) in [6.45, 7) is 8.62. The molecule has 1 aliphatic rings. The van der Waals surface area contributed by atoms with Crippen LogP contribution in [-0.2, 0) is 9.59 Å². The van der Waals surface area contributed by atoms with Crippen molar-refractivity contribution in [3.8, 4) is 0 Å². The second-order valence-corrected chi connectivity index (χ2v) is 5.33. The smallest absolute Gasteiger partial charge is 0.226 e. The maximum absolute atomic E-state index is 12.4. The molecule has 1 aromatic carbocycles. The summed E-state index contributed by atoms with van der Waals surface area (Å²) in [6, 6.07) is 7.78. The van der Waals surface area contributed by atoms with E-state index in [1.54, 1.807) is 11.0 Å². The number of nitrogens with one attached hydrogen (secondary N) is 1. The van der Waals surface area contributed by atoms with Crippen LogP contribution in [-0.4, -0.2) is 29.8 Å². The molecule has 4 heteroatoms. The highest BCUT2D eigenvalue weighted by Gasteiger charge is 2.43. The molecule has 2 atom stereocenters. The summed E-state index contributed by atoms with van der Waals surface area (Å²) < 4.78 is 0. The van der Waals surface area contributed by atoms with E-state index in [0.717, 1.165) is 11.1 Å². The number of amides is 2. The van der Waals surface area contributed by atoms with E-state index >= 15 is 0 Å². The van der Waals surface area contributed by atoms with Gasteiger partial charge in [-0.25, -0.2) is 0 Å². The second kappa shape index (κ2) is 6.57.